The minimum absolute atomic E-state index is 0.397. The number of fused-ring (bicyclic) bond motifs is 1. The van der Waals surface area contributed by atoms with Gasteiger partial charge in [0, 0.05) is 37.8 Å². The van der Waals surface area contributed by atoms with Crippen molar-refractivity contribution in [2.45, 2.75) is 45.1 Å². The molecule has 2 saturated heterocycles. The van der Waals surface area contributed by atoms with Crippen molar-refractivity contribution in [2.24, 2.45) is 0 Å². The number of aryl methyl sites for hydroxylation is 1. The van der Waals surface area contributed by atoms with Crippen molar-refractivity contribution in [1.29, 1.82) is 0 Å². The molecule has 0 N–H and O–H groups in total. The van der Waals surface area contributed by atoms with Crippen LogP contribution in [0.1, 0.15) is 48.8 Å². The lowest BCUT2D eigenvalue weighted by atomic mass is 9.97. The molecule has 3 aromatic rings. The van der Waals surface area contributed by atoms with E-state index >= 15 is 0 Å². The zero-order valence-electron chi connectivity index (χ0n) is 16.6. The Hall–Kier alpha value is -2.47. The molecular weight excluding hydrogens is 348 g/mol. The molecule has 146 valence electrons. The molecule has 2 aliphatic rings. The number of rotatable bonds is 4. The summed E-state index contributed by atoms with van der Waals surface area (Å²) in [7, 11) is 0. The summed E-state index contributed by atoms with van der Waals surface area (Å²) in [5.41, 5.74) is 4.45. The maximum absolute atomic E-state index is 4.86. The van der Waals surface area contributed by atoms with E-state index in [0.29, 0.717) is 5.92 Å². The average molecular weight is 377 g/mol. The van der Waals surface area contributed by atoms with Crippen molar-refractivity contribution < 1.29 is 0 Å². The maximum atomic E-state index is 4.86. The molecule has 3 aromatic heterocycles. The monoisotopic (exact) mass is 376 g/mol. The molecule has 6 nitrogen and oxygen atoms in total. The van der Waals surface area contributed by atoms with Crippen LogP contribution in [0.25, 0.3) is 5.65 Å². The fourth-order valence-corrected chi connectivity index (χ4v) is 4.55. The molecule has 0 saturated carbocycles. The van der Waals surface area contributed by atoms with Crippen LogP contribution in [-0.4, -0.2) is 50.7 Å². The molecule has 1 atom stereocenters. The van der Waals surface area contributed by atoms with Crippen LogP contribution in [0.5, 0.6) is 0 Å². The highest BCUT2D eigenvalue weighted by Gasteiger charge is 2.25. The van der Waals surface area contributed by atoms with Gasteiger partial charge in [-0.25, -0.2) is 9.50 Å². The van der Waals surface area contributed by atoms with Gasteiger partial charge in [0.1, 0.15) is 0 Å². The fourth-order valence-electron chi connectivity index (χ4n) is 4.55. The zero-order chi connectivity index (χ0) is 18.9. The third-order valence-corrected chi connectivity index (χ3v) is 6.01. The van der Waals surface area contributed by atoms with E-state index in [0.717, 1.165) is 62.0 Å². The van der Waals surface area contributed by atoms with Crippen molar-refractivity contribution in [3.63, 3.8) is 0 Å². The van der Waals surface area contributed by atoms with Crippen molar-refractivity contribution in [1.82, 2.24) is 24.5 Å². The summed E-state index contributed by atoms with van der Waals surface area (Å²) >= 11 is 0. The number of hydrogen-bond donors (Lipinski definition) is 0. The molecule has 0 aromatic carbocycles. The van der Waals surface area contributed by atoms with Crippen LogP contribution in [-0.2, 0) is 6.54 Å². The van der Waals surface area contributed by atoms with Crippen LogP contribution in [0.2, 0.25) is 0 Å². The van der Waals surface area contributed by atoms with E-state index < -0.39 is 0 Å². The first-order valence-corrected chi connectivity index (χ1v) is 10.5. The zero-order valence-corrected chi connectivity index (χ0v) is 16.6. The highest BCUT2D eigenvalue weighted by atomic mass is 15.3. The summed E-state index contributed by atoms with van der Waals surface area (Å²) in [6, 6.07) is 10.6. The largest absolute Gasteiger partial charge is 0.370 e. The SMILES string of the molecule is Cc1cccc(CN2CCC[C@H](c3nc4ccc(N5CCCC5)cn4n3)C2)n1. The Bertz CT molecular complexity index is 959. The first-order valence-electron chi connectivity index (χ1n) is 10.5. The Kier molecular flexibility index (Phi) is 4.72. The summed E-state index contributed by atoms with van der Waals surface area (Å²) in [5, 5.41) is 4.86. The van der Waals surface area contributed by atoms with E-state index in [1.807, 2.05) is 4.52 Å². The van der Waals surface area contributed by atoms with Gasteiger partial charge in [0.2, 0.25) is 0 Å². The van der Waals surface area contributed by atoms with Gasteiger partial charge >= 0.3 is 0 Å². The Labute approximate surface area is 166 Å². The van der Waals surface area contributed by atoms with Crippen LogP contribution in [0.3, 0.4) is 0 Å². The first-order chi connectivity index (χ1) is 13.7. The molecule has 5 heterocycles. The number of anilines is 1. The number of nitrogens with zero attached hydrogens (tertiary/aromatic N) is 6. The number of piperidine rings is 1. The minimum Gasteiger partial charge on any atom is -0.370 e. The van der Waals surface area contributed by atoms with Crippen LogP contribution in [0.15, 0.2) is 36.5 Å². The average Bonchev–Trinajstić information content (AvgIpc) is 3.37. The summed E-state index contributed by atoms with van der Waals surface area (Å²) in [4.78, 5) is 14.5. The van der Waals surface area contributed by atoms with Gasteiger partial charge in [0.15, 0.2) is 11.5 Å². The topological polar surface area (TPSA) is 49.6 Å². The second-order valence-electron chi connectivity index (χ2n) is 8.20. The van der Waals surface area contributed by atoms with Gasteiger partial charge in [-0.3, -0.25) is 9.88 Å². The second kappa shape index (κ2) is 7.51. The van der Waals surface area contributed by atoms with Crippen LogP contribution in [0.4, 0.5) is 5.69 Å². The standard InChI is InChI=1S/C22H28N6/c1-17-6-4-8-19(23-17)15-26-11-5-7-18(14-26)22-24-21-10-9-20(16-28(21)25-22)27-12-2-3-13-27/h4,6,8-10,16,18H,2-3,5,7,11-15H2,1H3/t18-/m0/s1. The molecule has 2 aliphatic heterocycles. The van der Waals surface area contributed by atoms with E-state index in [-0.39, 0.29) is 0 Å². The Morgan fingerprint density at radius 3 is 2.75 bits per heavy atom. The normalized spacial score (nSPS) is 20.9. The van der Waals surface area contributed by atoms with E-state index in [1.54, 1.807) is 0 Å². The number of aromatic nitrogens is 4. The smallest absolute Gasteiger partial charge is 0.156 e. The maximum Gasteiger partial charge on any atom is 0.156 e. The molecule has 28 heavy (non-hydrogen) atoms. The third-order valence-electron chi connectivity index (χ3n) is 6.01. The van der Waals surface area contributed by atoms with Gasteiger partial charge in [-0.1, -0.05) is 6.07 Å². The molecule has 0 bridgehead atoms. The molecule has 6 heteroatoms. The molecular formula is C22H28N6. The Morgan fingerprint density at radius 2 is 1.89 bits per heavy atom. The predicted molar refractivity (Wildman–Crippen MR) is 111 cm³/mol. The highest BCUT2D eigenvalue weighted by Crippen LogP contribution is 2.27. The Balaban J connectivity index is 1.32. The first kappa shape index (κ1) is 17.6. The molecule has 0 aliphatic carbocycles. The third kappa shape index (κ3) is 3.61. The van der Waals surface area contributed by atoms with Gasteiger partial charge in [0.05, 0.1) is 17.6 Å². The number of pyridine rings is 2. The molecule has 0 spiro atoms. The quantitative estimate of drug-likeness (QED) is 0.698. The molecule has 0 amide bonds. The van der Waals surface area contributed by atoms with Crippen molar-refractivity contribution in [3.05, 3.63) is 53.7 Å². The second-order valence-corrected chi connectivity index (χ2v) is 8.20. The lowest BCUT2D eigenvalue weighted by molar-refractivity contribution is 0.194. The van der Waals surface area contributed by atoms with Gasteiger partial charge in [0.25, 0.3) is 0 Å². The van der Waals surface area contributed by atoms with E-state index in [1.165, 1.54) is 24.9 Å². The number of hydrogen-bond acceptors (Lipinski definition) is 5. The van der Waals surface area contributed by atoms with E-state index in [2.05, 4.69) is 58.2 Å². The van der Waals surface area contributed by atoms with E-state index in [4.69, 9.17) is 10.1 Å². The number of likely N-dealkylation sites (tertiary alicyclic amines) is 1. The van der Waals surface area contributed by atoms with Gasteiger partial charge < -0.3 is 4.90 Å². The summed E-state index contributed by atoms with van der Waals surface area (Å²) in [5.74, 6) is 1.38. The predicted octanol–water partition coefficient (Wildman–Crippen LogP) is 3.41. The van der Waals surface area contributed by atoms with Gasteiger partial charge in [-0.15, -0.1) is 0 Å². The Morgan fingerprint density at radius 1 is 1.00 bits per heavy atom. The lowest BCUT2D eigenvalue weighted by Gasteiger charge is -2.31. The molecule has 2 fully saturated rings. The minimum atomic E-state index is 0.397. The van der Waals surface area contributed by atoms with Crippen molar-refractivity contribution in [2.75, 3.05) is 31.1 Å². The fraction of sp³-hybridized carbons (Fsp3) is 0.500. The summed E-state index contributed by atoms with van der Waals surface area (Å²) in [6.07, 6.45) is 7.07. The molecule has 5 rings (SSSR count). The van der Waals surface area contributed by atoms with Gasteiger partial charge in [-0.2, -0.15) is 5.10 Å². The van der Waals surface area contributed by atoms with Crippen molar-refractivity contribution in [3.8, 4) is 0 Å². The van der Waals surface area contributed by atoms with Gasteiger partial charge in [-0.05, 0) is 63.4 Å². The summed E-state index contributed by atoms with van der Waals surface area (Å²) in [6.45, 7) is 7.39. The summed E-state index contributed by atoms with van der Waals surface area (Å²) < 4.78 is 1.98. The van der Waals surface area contributed by atoms with Crippen LogP contribution in [0, 0.1) is 6.92 Å². The highest BCUT2D eigenvalue weighted by molar-refractivity contribution is 5.51. The van der Waals surface area contributed by atoms with E-state index in [9.17, 15) is 0 Å². The van der Waals surface area contributed by atoms with Crippen LogP contribution >= 0.6 is 0 Å². The molecule has 0 radical (unpaired) electrons. The van der Waals surface area contributed by atoms with Crippen LogP contribution < -0.4 is 4.90 Å². The lowest BCUT2D eigenvalue weighted by Crippen LogP contribution is -2.34. The molecule has 0 unspecified atom stereocenters. The van der Waals surface area contributed by atoms with Crippen molar-refractivity contribution >= 4 is 11.3 Å².